The van der Waals surface area contributed by atoms with Crippen LogP contribution in [-0.2, 0) is 33.3 Å². The normalized spacial score (nSPS) is 14.0. The highest BCUT2D eigenvalue weighted by Crippen LogP contribution is 2.13. The van der Waals surface area contributed by atoms with Crippen LogP contribution in [0, 0.1) is 0 Å². The summed E-state index contributed by atoms with van der Waals surface area (Å²) < 4.78 is 22.8. The molecule has 2 atom stereocenters. The first-order valence-electron chi connectivity index (χ1n) is 28.6. The summed E-state index contributed by atoms with van der Waals surface area (Å²) in [5.41, 5.74) is 0. The molecule has 0 amide bonds. The summed E-state index contributed by atoms with van der Waals surface area (Å²) in [6.45, 7) is 4.54. The zero-order chi connectivity index (χ0) is 54.8. The molecule has 0 heterocycles. The minimum atomic E-state index is -1.54. The predicted octanol–water partition coefficient (Wildman–Crippen LogP) is 17.0. The van der Waals surface area contributed by atoms with Gasteiger partial charge in [0.1, 0.15) is 13.2 Å². The second kappa shape index (κ2) is 55.2. The Morgan fingerprint density at radius 3 is 1.11 bits per heavy atom. The van der Waals surface area contributed by atoms with Crippen LogP contribution in [0.1, 0.15) is 181 Å². The zero-order valence-electron chi connectivity index (χ0n) is 47.6. The van der Waals surface area contributed by atoms with Crippen LogP contribution in [0.2, 0.25) is 0 Å². The van der Waals surface area contributed by atoms with Crippen LogP contribution >= 0.6 is 0 Å². The number of esters is 2. The van der Waals surface area contributed by atoms with Crippen LogP contribution in [-0.4, -0.2) is 87.4 Å². The molecule has 0 rings (SSSR count). The van der Waals surface area contributed by atoms with E-state index < -0.39 is 24.3 Å². The molecule has 1 N–H and O–H groups in total. The van der Waals surface area contributed by atoms with Crippen molar-refractivity contribution in [3.05, 3.63) is 158 Å². The summed E-state index contributed by atoms with van der Waals surface area (Å²) in [6, 6.07) is 0. The number of allylic oxidation sites excluding steroid dienone is 26. The number of quaternary nitrogens is 1. The van der Waals surface area contributed by atoms with Crippen molar-refractivity contribution in [2.75, 3.05) is 47.5 Å². The maximum atomic E-state index is 12.8. The van der Waals surface area contributed by atoms with Crippen LogP contribution in [0.5, 0.6) is 0 Å². The van der Waals surface area contributed by atoms with E-state index in [4.69, 9.17) is 18.9 Å². The van der Waals surface area contributed by atoms with E-state index >= 15 is 0 Å². The SMILES string of the molecule is CC/C=C\C/C=C\C/C=C\C/C=C\C/C=C\C/C=C\C/C=C\CCCC(=O)OC(COC(=O)CCCCCCCCCC/C=C\C/C=C\C/C=C\C/C=C\C/C=C\C/C=C\CC)COC(OCC[N+](C)(C)C)C(=O)O. The topological polar surface area (TPSA) is 108 Å². The quantitative estimate of drug-likeness (QED) is 0.0211. The third-order valence-corrected chi connectivity index (χ3v) is 11.3. The minimum absolute atomic E-state index is 0.165. The Morgan fingerprint density at radius 2 is 0.733 bits per heavy atom. The second-order valence-corrected chi connectivity index (χ2v) is 19.5. The van der Waals surface area contributed by atoms with Crippen LogP contribution in [0.25, 0.3) is 0 Å². The molecule has 420 valence electrons. The summed E-state index contributed by atoms with van der Waals surface area (Å²) in [6.07, 6.45) is 78.9. The number of likely N-dealkylation sites (N-methyl/N-ethyl adjacent to an activating group) is 1. The molecular formula is C66H104NO8+. The molecule has 0 aliphatic carbocycles. The zero-order valence-corrected chi connectivity index (χ0v) is 47.6. The summed E-state index contributed by atoms with van der Waals surface area (Å²) in [7, 11) is 5.93. The first-order valence-corrected chi connectivity index (χ1v) is 28.6. The van der Waals surface area contributed by atoms with Gasteiger partial charge in [0.2, 0.25) is 0 Å². The Kier molecular flexibility index (Phi) is 51.4. The van der Waals surface area contributed by atoms with E-state index in [2.05, 4.69) is 172 Å². The Morgan fingerprint density at radius 1 is 0.400 bits per heavy atom. The van der Waals surface area contributed by atoms with Crippen molar-refractivity contribution < 1.29 is 42.9 Å². The molecule has 0 spiro atoms. The van der Waals surface area contributed by atoms with Crippen LogP contribution in [0.4, 0.5) is 0 Å². The smallest absolute Gasteiger partial charge is 0.361 e. The summed E-state index contributed by atoms with van der Waals surface area (Å²) >= 11 is 0. The van der Waals surface area contributed by atoms with Crippen molar-refractivity contribution in [3.63, 3.8) is 0 Å². The third kappa shape index (κ3) is 56.5. The molecule has 9 heteroatoms. The van der Waals surface area contributed by atoms with E-state index in [1.54, 1.807) is 0 Å². The average Bonchev–Trinajstić information content (AvgIpc) is 3.38. The van der Waals surface area contributed by atoms with E-state index in [9.17, 15) is 19.5 Å². The summed E-state index contributed by atoms with van der Waals surface area (Å²) in [5.74, 6) is -2.12. The summed E-state index contributed by atoms with van der Waals surface area (Å²) in [4.78, 5) is 37.4. The fourth-order valence-corrected chi connectivity index (χ4v) is 6.94. The molecule has 0 aromatic heterocycles. The first-order chi connectivity index (χ1) is 36.6. The number of nitrogens with zero attached hydrogens (tertiary/aromatic N) is 1. The van der Waals surface area contributed by atoms with Gasteiger partial charge < -0.3 is 28.5 Å². The Bertz CT molecular complexity index is 1780. The van der Waals surface area contributed by atoms with Crippen molar-refractivity contribution in [3.8, 4) is 0 Å². The number of ether oxygens (including phenoxy) is 4. The molecule has 0 saturated carbocycles. The van der Waals surface area contributed by atoms with Gasteiger partial charge in [0, 0.05) is 12.8 Å². The molecule has 0 aliphatic rings. The van der Waals surface area contributed by atoms with Gasteiger partial charge in [0.15, 0.2) is 6.10 Å². The molecule has 75 heavy (non-hydrogen) atoms. The number of carboxylic acid groups (broad SMARTS) is 1. The van der Waals surface area contributed by atoms with Crippen molar-refractivity contribution in [1.82, 2.24) is 0 Å². The highest BCUT2D eigenvalue weighted by Gasteiger charge is 2.25. The van der Waals surface area contributed by atoms with Gasteiger partial charge in [-0.3, -0.25) is 9.59 Å². The highest BCUT2D eigenvalue weighted by atomic mass is 16.7. The second-order valence-electron chi connectivity index (χ2n) is 19.5. The lowest BCUT2D eigenvalue weighted by Gasteiger charge is -2.25. The first kappa shape index (κ1) is 69.9. The van der Waals surface area contributed by atoms with Crippen molar-refractivity contribution >= 4 is 17.9 Å². The van der Waals surface area contributed by atoms with Gasteiger partial charge in [0.25, 0.3) is 6.29 Å². The Balaban J connectivity index is 4.42. The summed E-state index contributed by atoms with van der Waals surface area (Å²) in [5, 5.41) is 9.70. The van der Waals surface area contributed by atoms with Crippen LogP contribution < -0.4 is 0 Å². The molecule has 0 aromatic rings. The third-order valence-electron chi connectivity index (χ3n) is 11.3. The number of carbonyl (C=O) groups is 3. The van der Waals surface area contributed by atoms with Gasteiger partial charge in [-0.05, 0) is 116 Å². The maximum Gasteiger partial charge on any atom is 0.361 e. The molecule has 0 fully saturated rings. The predicted molar refractivity (Wildman–Crippen MR) is 317 cm³/mol. The molecule has 2 unspecified atom stereocenters. The van der Waals surface area contributed by atoms with Crippen LogP contribution in [0.3, 0.4) is 0 Å². The maximum absolute atomic E-state index is 12.8. The number of carbonyl (C=O) groups excluding carboxylic acids is 2. The van der Waals surface area contributed by atoms with Crippen molar-refractivity contribution in [1.29, 1.82) is 0 Å². The van der Waals surface area contributed by atoms with Gasteiger partial charge in [0.05, 0.1) is 34.4 Å². The highest BCUT2D eigenvalue weighted by molar-refractivity contribution is 5.71. The van der Waals surface area contributed by atoms with E-state index in [1.807, 2.05) is 21.1 Å². The molecule has 9 nitrogen and oxygen atoms in total. The van der Waals surface area contributed by atoms with E-state index in [0.29, 0.717) is 23.9 Å². The monoisotopic (exact) mass is 1040 g/mol. The lowest BCUT2D eigenvalue weighted by atomic mass is 10.1. The Hall–Kier alpha value is -5.09. The fraction of sp³-hybridized carbons (Fsp3) is 0.561. The number of hydrogen-bond acceptors (Lipinski definition) is 7. The van der Waals surface area contributed by atoms with E-state index in [0.717, 1.165) is 116 Å². The minimum Gasteiger partial charge on any atom is -0.477 e. The van der Waals surface area contributed by atoms with E-state index in [-0.39, 0.29) is 38.6 Å². The number of hydrogen-bond donors (Lipinski definition) is 1. The molecule has 0 aliphatic heterocycles. The number of aliphatic carboxylic acids is 1. The average molecular weight is 1040 g/mol. The Labute approximate surface area is 457 Å². The standard InChI is InChI=1S/C66H103NO8/c1-6-8-10-12-14-16-18-20-22-24-26-28-30-31-32-33-35-36-38-40-42-44-46-48-50-52-54-56-63(68)73-60-62(61-74-66(65(70)71)72-59-58-67(3,4)5)75-64(69)57-55-53-51-49-47-45-43-41-39-37-34-29-27-25-23-21-19-17-15-13-11-9-7-2/h8-11,14-17,20-23,26-29,31-32,35-37,39,43,45,49,51,62,66H,6-7,12-13,18-19,24-25,30,33-34,38,40-42,44,46-48,50,52-61H2,1-5H3/p+1/b10-8-,11-9-,16-14-,17-15-,22-20-,23-21-,28-26-,29-27-,32-31-,36-35-,39-37-,45-43-,51-49-. The van der Waals surface area contributed by atoms with Gasteiger partial charge in [-0.25, -0.2) is 4.79 Å². The fourth-order valence-electron chi connectivity index (χ4n) is 6.94. The number of unbranched alkanes of at least 4 members (excludes halogenated alkanes) is 9. The molecular weight excluding hydrogens is 935 g/mol. The van der Waals surface area contributed by atoms with Crippen molar-refractivity contribution in [2.45, 2.75) is 193 Å². The van der Waals surface area contributed by atoms with Gasteiger partial charge in [-0.15, -0.1) is 0 Å². The van der Waals surface area contributed by atoms with Gasteiger partial charge >= 0.3 is 17.9 Å². The number of carboxylic acids is 1. The van der Waals surface area contributed by atoms with E-state index in [1.165, 1.54) is 25.7 Å². The van der Waals surface area contributed by atoms with Gasteiger partial charge in [-0.2, -0.15) is 0 Å². The molecule has 0 bridgehead atoms. The molecule has 0 radical (unpaired) electrons. The lowest BCUT2D eigenvalue weighted by molar-refractivity contribution is -0.870. The lowest BCUT2D eigenvalue weighted by Crippen LogP contribution is -2.40. The number of rotatable bonds is 50. The molecule has 0 aromatic carbocycles. The van der Waals surface area contributed by atoms with Gasteiger partial charge in [-0.1, -0.05) is 210 Å². The molecule has 0 saturated heterocycles. The van der Waals surface area contributed by atoms with Crippen molar-refractivity contribution in [2.24, 2.45) is 0 Å². The van der Waals surface area contributed by atoms with Crippen LogP contribution in [0.15, 0.2) is 158 Å². The largest absolute Gasteiger partial charge is 0.477 e.